The molecule has 1 aliphatic carbocycles. The van der Waals surface area contributed by atoms with Gasteiger partial charge in [-0.25, -0.2) is 4.98 Å². The SMILES string of the molecule is O=c1cc(Nc2ccccc2)n(-c2ccccc2)c2nc(CNC3CCCCC3)cc(C(F)(F)F)c12. The van der Waals surface area contributed by atoms with E-state index in [1.54, 1.807) is 28.8 Å². The van der Waals surface area contributed by atoms with Crippen LogP contribution in [0.4, 0.5) is 24.7 Å². The third-order valence-corrected chi connectivity index (χ3v) is 6.56. The van der Waals surface area contributed by atoms with Crippen LogP contribution in [0.25, 0.3) is 16.7 Å². The van der Waals surface area contributed by atoms with Gasteiger partial charge in [-0.3, -0.25) is 9.36 Å². The van der Waals surface area contributed by atoms with E-state index < -0.39 is 22.6 Å². The summed E-state index contributed by atoms with van der Waals surface area (Å²) in [7, 11) is 0. The average Bonchev–Trinajstić information content (AvgIpc) is 2.88. The maximum atomic E-state index is 14.2. The number of fused-ring (bicyclic) bond motifs is 1. The number of aromatic nitrogens is 2. The molecule has 4 aromatic rings. The molecule has 0 aliphatic heterocycles. The Hall–Kier alpha value is -3.65. The first kappa shape index (κ1) is 24.1. The summed E-state index contributed by atoms with van der Waals surface area (Å²) in [4.78, 5) is 17.8. The Morgan fingerprint density at radius 1 is 0.917 bits per heavy atom. The highest BCUT2D eigenvalue weighted by atomic mass is 19.4. The second-order valence-electron chi connectivity index (χ2n) is 9.13. The fourth-order valence-electron chi connectivity index (χ4n) is 4.83. The molecule has 1 fully saturated rings. The van der Waals surface area contributed by atoms with Crippen molar-refractivity contribution in [2.45, 2.75) is 50.9 Å². The Morgan fingerprint density at radius 3 is 2.25 bits per heavy atom. The van der Waals surface area contributed by atoms with Crippen LogP contribution in [0.3, 0.4) is 0 Å². The number of hydrogen-bond acceptors (Lipinski definition) is 4. The molecule has 1 saturated carbocycles. The van der Waals surface area contributed by atoms with E-state index in [1.165, 1.54) is 12.5 Å². The topological polar surface area (TPSA) is 59.0 Å². The standard InChI is InChI=1S/C28H27F3N4O/c29-28(30,31)23-16-21(18-32-19-10-4-1-5-11-19)34-27-26(23)24(36)17-25(33-20-12-6-2-7-13-20)35(27)22-14-8-3-9-15-22/h2-3,6-9,12-17,19,32-33H,1,4-5,10-11,18H2. The van der Waals surface area contributed by atoms with Crippen LogP contribution in [0, 0.1) is 0 Å². The molecule has 186 valence electrons. The van der Waals surface area contributed by atoms with Gasteiger partial charge in [0.15, 0.2) is 11.1 Å². The van der Waals surface area contributed by atoms with Crippen LogP contribution < -0.4 is 16.1 Å². The summed E-state index contributed by atoms with van der Waals surface area (Å²) in [5.41, 5.74) is -0.175. The van der Waals surface area contributed by atoms with Crippen LogP contribution in [-0.4, -0.2) is 15.6 Å². The predicted molar refractivity (Wildman–Crippen MR) is 136 cm³/mol. The van der Waals surface area contributed by atoms with Crippen molar-refractivity contribution in [1.82, 2.24) is 14.9 Å². The van der Waals surface area contributed by atoms with E-state index in [0.29, 0.717) is 17.2 Å². The second-order valence-corrected chi connectivity index (χ2v) is 9.13. The van der Waals surface area contributed by atoms with Crippen LogP contribution in [0.2, 0.25) is 0 Å². The summed E-state index contributed by atoms with van der Waals surface area (Å²) in [6.45, 7) is 0.197. The molecule has 5 nitrogen and oxygen atoms in total. The number of anilines is 2. The fourth-order valence-corrected chi connectivity index (χ4v) is 4.83. The Labute approximate surface area is 207 Å². The molecule has 0 bridgehead atoms. The maximum absolute atomic E-state index is 14.2. The van der Waals surface area contributed by atoms with Gasteiger partial charge in [0, 0.05) is 30.0 Å². The van der Waals surface area contributed by atoms with Crippen molar-refractivity contribution in [3.05, 3.63) is 94.3 Å². The molecule has 2 aromatic heterocycles. The number of benzene rings is 2. The van der Waals surface area contributed by atoms with Gasteiger partial charge < -0.3 is 10.6 Å². The molecule has 1 aliphatic rings. The maximum Gasteiger partial charge on any atom is 0.417 e. The summed E-state index contributed by atoms with van der Waals surface area (Å²) >= 11 is 0. The third-order valence-electron chi connectivity index (χ3n) is 6.56. The number of nitrogens with zero attached hydrogens (tertiary/aromatic N) is 2. The van der Waals surface area contributed by atoms with Gasteiger partial charge in [0.2, 0.25) is 0 Å². The number of halogens is 3. The van der Waals surface area contributed by atoms with Crippen molar-refractivity contribution in [2.75, 3.05) is 5.32 Å². The molecular weight excluding hydrogens is 465 g/mol. The Morgan fingerprint density at radius 2 is 1.58 bits per heavy atom. The average molecular weight is 493 g/mol. The quantitative estimate of drug-likeness (QED) is 0.320. The molecule has 0 unspecified atom stereocenters. The molecular formula is C28H27F3N4O. The molecule has 36 heavy (non-hydrogen) atoms. The fraction of sp³-hybridized carbons (Fsp3) is 0.286. The van der Waals surface area contributed by atoms with Crippen LogP contribution in [0.5, 0.6) is 0 Å². The normalized spacial score (nSPS) is 14.8. The van der Waals surface area contributed by atoms with Gasteiger partial charge >= 0.3 is 6.18 Å². The summed E-state index contributed by atoms with van der Waals surface area (Å²) < 4.78 is 44.3. The van der Waals surface area contributed by atoms with Crippen LogP contribution in [0.1, 0.15) is 43.4 Å². The number of hydrogen-bond donors (Lipinski definition) is 2. The zero-order valence-electron chi connectivity index (χ0n) is 19.7. The monoisotopic (exact) mass is 492 g/mol. The summed E-state index contributed by atoms with van der Waals surface area (Å²) in [6, 6.07) is 20.6. The minimum absolute atomic E-state index is 0.0256. The van der Waals surface area contributed by atoms with Crippen molar-refractivity contribution in [3.8, 4) is 5.69 Å². The lowest BCUT2D eigenvalue weighted by Crippen LogP contribution is -2.31. The lowest BCUT2D eigenvalue weighted by Gasteiger charge is -2.23. The van der Waals surface area contributed by atoms with E-state index in [1.807, 2.05) is 36.4 Å². The molecule has 2 N–H and O–H groups in total. The molecule has 0 atom stereocenters. The lowest BCUT2D eigenvalue weighted by atomic mass is 9.95. The van der Waals surface area contributed by atoms with Crippen LogP contribution in [0.15, 0.2) is 77.6 Å². The predicted octanol–water partition coefficient (Wildman–Crippen LogP) is 6.57. The van der Waals surface area contributed by atoms with E-state index in [4.69, 9.17) is 0 Å². The first-order chi connectivity index (χ1) is 17.4. The molecule has 0 amide bonds. The van der Waals surface area contributed by atoms with Gasteiger partial charge in [-0.2, -0.15) is 13.2 Å². The summed E-state index contributed by atoms with van der Waals surface area (Å²) in [5, 5.41) is 6.13. The number of alkyl halides is 3. The van der Waals surface area contributed by atoms with Crippen molar-refractivity contribution >= 4 is 22.5 Å². The lowest BCUT2D eigenvalue weighted by molar-refractivity contribution is -0.136. The number of pyridine rings is 2. The Bertz CT molecular complexity index is 1400. The molecule has 2 heterocycles. The molecule has 0 radical (unpaired) electrons. The molecule has 0 spiro atoms. The number of rotatable bonds is 6. The number of para-hydroxylation sites is 2. The minimum atomic E-state index is -4.71. The Kier molecular flexibility index (Phi) is 6.78. The van der Waals surface area contributed by atoms with Gasteiger partial charge in [-0.05, 0) is 43.2 Å². The van der Waals surface area contributed by atoms with Gasteiger partial charge in [0.1, 0.15) is 5.82 Å². The second kappa shape index (κ2) is 10.1. The highest BCUT2D eigenvalue weighted by Gasteiger charge is 2.35. The van der Waals surface area contributed by atoms with Crippen molar-refractivity contribution < 1.29 is 13.2 Å². The third kappa shape index (κ3) is 5.14. The van der Waals surface area contributed by atoms with Gasteiger partial charge in [0.05, 0.1) is 16.6 Å². The van der Waals surface area contributed by atoms with Gasteiger partial charge in [0.25, 0.3) is 0 Å². The van der Waals surface area contributed by atoms with E-state index in [-0.39, 0.29) is 23.9 Å². The summed E-state index contributed by atoms with van der Waals surface area (Å²) in [5.74, 6) is 0.336. The van der Waals surface area contributed by atoms with Crippen LogP contribution >= 0.6 is 0 Å². The van der Waals surface area contributed by atoms with Crippen LogP contribution in [-0.2, 0) is 12.7 Å². The van der Waals surface area contributed by atoms with Gasteiger partial charge in [-0.15, -0.1) is 0 Å². The molecule has 8 heteroatoms. The zero-order valence-corrected chi connectivity index (χ0v) is 19.7. The van der Waals surface area contributed by atoms with Crippen molar-refractivity contribution in [3.63, 3.8) is 0 Å². The highest BCUT2D eigenvalue weighted by Crippen LogP contribution is 2.35. The van der Waals surface area contributed by atoms with E-state index in [0.717, 1.165) is 31.7 Å². The minimum Gasteiger partial charge on any atom is -0.341 e. The molecule has 2 aromatic carbocycles. The van der Waals surface area contributed by atoms with E-state index in [9.17, 15) is 18.0 Å². The largest absolute Gasteiger partial charge is 0.417 e. The first-order valence-electron chi connectivity index (χ1n) is 12.2. The van der Waals surface area contributed by atoms with Crippen molar-refractivity contribution in [1.29, 1.82) is 0 Å². The van der Waals surface area contributed by atoms with E-state index >= 15 is 0 Å². The molecule has 5 rings (SSSR count). The van der Waals surface area contributed by atoms with Crippen molar-refractivity contribution in [2.24, 2.45) is 0 Å². The highest BCUT2D eigenvalue weighted by molar-refractivity contribution is 5.84. The zero-order chi connectivity index (χ0) is 25.1. The van der Waals surface area contributed by atoms with E-state index in [2.05, 4.69) is 15.6 Å². The first-order valence-corrected chi connectivity index (χ1v) is 12.2. The smallest absolute Gasteiger partial charge is 0.341 e. The van der Waals surface area contributed by atoms with Gasteiger partial charge in [-0.1, -0.05) is 55.7 Å². The Balaban J connectivity index is 1.71. The molecule has 0 saturated heterocycles. The summed E-state index contributed by atoms with van der Waals surface area (Å²) in [6.07, 6.45) is 0.699. The number of nitrogens with one attached hydrogen (secondary N) is 2.